The average Bonchev–Trinajstić information content (AvgIpc) is 3.51. The molecule has 2 aromatic heterocycles. The van der Waals surface area contributed by atoms with E-state index in [0.29, 0.717) is 36.7 Å². The van der Waals surface area contributed by atoms with Crippen LogP contribution in [0.4, 0.5) is 14.6 Å². The van der Waals surface area contributed by atoms with E-state index in [1.165, 1.54) is 24.3 Å². The number of ether oxygens (including phenoxy) is 1. The summed E-state index contributed by atoms with van der Waals surface area (Å²) in [5.41, 5.74) is 0.332. The summed E-state index contributed by atoms with van der Waals surface area (Å²) in [5.74, 6) is 0.233. The van der Waals surface area contributed by atoms with Crippen molar-refractivity contribution in [1.82, 2.24) is 15.0 Å². The van der Waals surface area contributed by atoms with Crippen LogP contribution in [0.3, 0.4) is 0 Å². The largest absolute Gasteiger partial charge is 0.489 e. The van der Waals surface area contributed by atoms with E-state index in [2.05, 4.69) is 20.3 Å². The number of hydrogen-bond donors (Lipinski definition) is 1. The maximum atomic E-state index is 13.5. The lowest BCUT2D eigenvalue weighted by Gasteiger charge is -2.27. The Morgan fingerprint density at radius 1 is 1.29 bits per heavy atom. The van der Waals surface area contributed by atoms with Gasteiger partial charge in [0.2, 0.25) is 5.91 Å². The smallest absolute Gasteiger partial charge is 0.229 e. The van der Waals surface area contributed by atoms with Crippen molar-refractivity contribution in [3.8, 4) is 5.75 Å². The van der Waals surface area contributed by atoms with E-state index in [9.17, 15) is 13.6 Å². The second kappa shape index (κ2) is 8.53. The number of nitrogens with one attached hydrogen (secondary N) is 1. The molecule has 1 saturated carbocycles. The Balaban J connectivity index is 1.52. The molecule has 2 aromatic rings. The van der Waals surface area contributed by atoms with E-state index in [1.54, 1.807) is 6.20 Å². The Hall–Kier alpha value is -3.16. The zero-order chi connectivity index (χ0) is 22.0. The van der Waals surface area contributed by atoms with Crippen LogP contribution in [0.2, 0.25) is 0 Å². The fourth-order valence-electron chi connectivity index (χ4n) is 4.13. The standard InChI is InChI=1S/C23H24F2N4O2/c1-3-19-20(12-26-14(2)28-19)31-13-23(15-4-6-16(24)7-5-15)10-18(23)22(30)29-21-9-8-17(25)11-27-21/h4,6-9,11-12,15,18H,3,5,10,13H2,1-2H3,(H,27,29,30)/t15?,18-,23+/m0/s1. The highest BCUT2D eigenvalue weighted by atomic mass is 19.1. The first-order valence-electron chi connectivity index (χ1n) is 10.3. The molecule has 8 heteroatoms. The highest BCUT2D eigenvalue weighted by molar-refractivity contribution is 5.94. The molecule has 0 aromatic carbocycles. The predicted octanol–water partition coefficient (Wildman–Crippen LogP) is 4.33. The van der Waals surface area contributed by atoms with Crippen molar-refractivity contribution in [3.63, 3.8) is 0 Å². The Bertz CT molecular complexity index is 1040. The summed E-state index contributed by atoms with van der Waals surface area (Å²) < 4.78 is 32.8. The monoisotopic (exact) mass is 426 g/mol. The van der Waals surface area contributed by atoms with Crippen LogP contribution in [0.5, 0.6) is 5.75 Å². The Labute approximate surface area is 179 Å². The molecule has 3 atom stereocenters. The van der Waals surface area contributed by atoms with Gasteiger partial charge >= 0.3 is 0 Å². The van der Waals surface area contributed by atoms with E-state index in [4.69, 9.17) is 4.74 Å². The van der Waals surface area contributed by atoms with Gasteiger partial charge < -0.3 is 10.1 Å². The quantitative estimate of drug-likeness (QED) is 0.713. The number of rotatable bonds is 7. The highest BCUT2D eigenvalue weighted by Gasteiger charge is 2.62. The number of aryl methyl sites for hydroxylation is 2. The number of halogens is 2. The third-order valence-electron chi connectivity index (χ3n) is 5.99. The second-order valence-corrected chi connectivity index (χ2v) is 8.00. The van der Waals surface area contributed by atoms with Crippen molar-refractivity contribution >= 4 is 11.7 Å². The Kier molecular flexibility index (Phi) is 5.80. The van der Waals surface area contributed by atoms with Gasteiger partial charge in [0.05, 0.1) is 24.7 Å². The van der Waals surface area contributed by atoms with Gasteiger partial charge in [0.25, 0.3) is 0 Å². The summed E-state index contributed by atoms with van der Waals surface area (Å²) in [4.78, 5) is 25.5. The summed E-state index contributed by atoms with van der Waals surface area (Å²) in [5, 5.41) is 2.75. The first-order chi connectivity index (χ1) is 14.9. The van der Waals surface area contributed by atoms with Crippen LogP contribution in [0, 0.1) is 30.0 Å². The molecular weight excluding hydrogens is 402 g/mol. The van der Waals surface area contributed by atoms with Crippen LogP contribution < -0.4 is 10.1 Å². The zero-order valence-electron chi connectivity index (χ0n) is 17.4. The molecule has 0 aliphatic heterocycles. The molecule has 0 spiro atoms. The summed E-state index contributed by atoms with van der Waals surface area (Å²) in [6.07, 6.45) is 9.29. The van der Waals surface area contributed by atoms with Crippen LogP contribution in [-0.2, 0) is 11.2 Å². The third-order valence-corrected chi connectivity index (χ3v) is 5.99. The molecule has 2 heterocycles. The van der Waals surface area contributed by atoms with Gasteiger partial charge in [-0.1, -0.05) is 13.0 Å². The minimum atomic E-state index is -0.478. The lowest BCUT2D eigenvalue weighted by Crippen LogP contribution is -2.30. The molecule has 162 valence electrons. The minimum Gasteiger partial charge on any atom is -0.489 e. The maximum Gasteiger partial charge on any atom is 0.229 e. The topological polar surface area (TPSA) is 77.0 Å². The number of anilines is 1. The summed E-state index contributed by atoms with van der Waals surface area (Å²) in [6, 6.07) is 2.66. The molecule has 1 fully saturated rings. The zero-order valence-corrected chi connectivity index (χ0v) is 17.4. The van der Waals surface area contributed by atoms with Crippen molar-refractivity contribution in [2.75, 3.05) is 11.9 Å². The van der Waals surface area contributed by atoms with E-state index in [-0.39, 0.29) is 30.2 Å². The average molecular weight is 426 g/mol. The number of hydrogen-bond acceptors (Lipinski definition) is 5. The summed E-state index contributed by atoms with van der Waals surface area (Å²) in [7, 11) is 0. The number of nitrogens with zero attached hydrogens (tertiary/aromatic N) is 3. The number of amides is 1. The van der Waals surface area contributed by atoms with Crippen molar-refractivity contribution in [3.05, 3.63) is 65.9 Å². The van der Waals surface area contributed by atoms with Crippen molar-refractivity contribution in [1.29, 1.82) is 0 Å². The fourth-order valence-corrected chi connectivity index (χ4v) is 4.13. The highest BCUT2D eigenvalue weighted by Crippen LogP contribution is 2.60. The molecule has 2 aliphatic rings. The Morgan fingerprint density at radius 3 is 2.81 bits per heavy atom. The lowest BCUT2D eigenvalue weighted by atomic mass is 9.82. The van der Waals surface area contributed by atoms with Gasteiger partial charge in [0, 0.05) is 11.3 Å². The molecule has 2 aliphatic carbocycles. The van der Waals surface area contributed by atoms with Gasteiger partial charge in [0.15, 0.2) is 5.75 Å². The maximum absolute atomic E-state index is 13.5. The van der Waals surface area contributed by atoms with Crippen LogP contribution in [0.15, 0.2) is 48.6 Å². The molecular formula is C23H24F2N4O2. The molecule has 31 heavy (non-hydrogen) atoms. The van der Waals surface area contributed by atoms with Crippen LogP contribution in [0.1, 0.15) is 31.3 Å². The van der Waals surface area contributed by atoms with E-state index in [1.807, 2.05) is 19.9 Å². The molecule has 1 amide bonds. The number of allylic oxidation sites excluding steroid dienone is 4. The van der Waals surface area contributed by atoms with E-state index >= 15 is 0 Å². The van der Waals surface area contributed by atoms with Gasteiger partial charge in [-0.05, 0) is 56.4 Å². The number of pyridine rings is 1. The van der Waals surface area contributed by atoms with Gasteiger partial charge in [-0.2, -0.15) is 0 Å². The molecule has 0 bridgehead atoms. The van der Waals surface area contributed by atoms with E-state index in [0.717, 1.165) is 11.9 Å². The fraction of sp³-hybridized carbons (Fsp3) is 0.391. The minimum absolute atomic E-state index is 0.0413. The number of carbonyl (C=O) groups is 1. The molecule has 6 nitrogen and oxygen atoms in total. The lowest BCUT2D eigenvalue weighted by molar-refractivity contribution is -0.118. The van der Waals surface area contributed by atoms with Gasteiger partial charge in [-0.15, -0.1) is 0 Å². The first kappa shape index (κ1) is 21.1. The molecule has 1 N–H and O–H groups in total. The van der Waals surface area contributed by atoms with Gasteiger partial charge in [-0.3, -0.25) is 4.79 Å². The number of carbonyl (C=O) groups excluding carboxylic acids is 1. The van der Waals surface area contributed by atoms with Crippen molar-refractivity contribution in [2.45, 2.75) is 33.1 Å². The number of aromatic nitrogens is 3. The summed E-state index contributed by atoms with van der Waals surface area (Å²) in [6.45, 7) is 4.10. The van der Waals surface area contributed by atoms with Gasteiger partial charge in [0.1, 0.15) is 23.3 Å². The van der Waals surface area contributed by atoms with Crippen molar-refractivity contribution in [2.24, 2.45) is 17.3 Å². The summed E-state index contributed by atoms with van der Waals surface area (Å²) >= 11 is 0. The van der Waals surface area contributed by atoms with Crippen molar-refractivity contribution < 1.29 is 18.3 Å². The normalized spacial score (nSPS) is 24.5. The SMILES string of the molecule is CCc1nc(C)ncc1OC[C@@]1(C2C=CC(F)=CC2)C[C@H]1C(=O)Nc1ccc(F)cn1. The van der Waals surface area contributed by atoms with Crippen LogP contribution in [-0.4, -0.2) is 27.5 Å². The third kappa shape index (κ3) is 4.47. The van der Waals surface area contributed by atoms with Crippen LogP contribution in [0.25, 0.3) is 0 Å². The Morgan fingerprint density at radius 2 is 2.13 bits per heavy atom. The molecule has 1 unspecified atom stereocenters. The van der Waals surface area contributed by atoms with E-state index < -0.39 is 11.2 Å². The molecule has 0 saturated heterocycles. The predicted molar refractivity (Wildman–Crippen MR) is 111 cm³/mol. The molecule has 0 radical (unpaired) electrons. The van der Waals surface area contributed by atoms with Crippen LogP contribution >= 0.6 is 0 Å². The first-order valence-corrected chi connectivity index (χ1v) is 10.3. The van der Waals surface area contributed by atoms with Gasteiger partial charge in [-0.25, -0.2) is 23.7 Å². The second-order valence-electron chi connectivity index (χ2n) is 8.00. The molecule has 4 rings (SSSR count).